The Bertz CT molecular complexity index is 582. The van der Waals surface area contributed by atoms with Gasteiger partial charge in [0.15, 0.2) is 12.4 Å². The number of carbonyl (C=O) groups is 1. The van der Waals surface area contributed by atoms with Crippen molar-refractivity contribution in [3.8, 4) is 11.4 Å². The number of carboxylic acids is 1. The smallest absolute Gasteiger partial charge is 0.342 e. The molecule has 5 nitrogen and oxygen atoms in total. The number of anilines is 1. The minimum atomic E-state index is -1.09. The third kappa shape index (κ3) is 2.17. The largest absolute Gasteiger partial charge is 0.872 e. The Kier molecular flexibility index (Phi) is 2.66. The standard InChI is InChI=1S/C12H10N2O3/c13-8-2-1-5-14(7-8)11-6-9(15)3-4-10(11)12(16)17/h1-7H,13H2,(H-,15,16,17). The zero-order valence-corrected chi connectivity index (χ0v) is 8.83. The highest BCUT2D eigenvalue weighted by Gasteiger charge is 2.17. The van der Waals surface area contributed by atoms with Gasteiger partial charge in [0.25, 0.3) is 0 Å². The molecule has 0 bridgehead atoms. The van der Waals surface area contributed by atoms with Gasteiger partial charge in [0.05, 0.1) is 5.69 Å². The summed E-state index contributed by atoms with van der Waals surface area (Å²) >= 11 is 0. The maximum atomic E-state index is 11.3. The molecule has 1 heterocycles. The molecule has 0 unspecified atom stereocenters. The van der Waals surface area contributed by atoms with Crippen molar-refractivity contribution in [1.29, 1.82) is 0 Å². The van der Waals surface area contributed by atoms with Gasteiger partial charge in [-0.2, -0.15) is 4.57 Å². The molecule has 86 valence electrons. The average Bonchev–Trinajstić information content (AvgIpc) is 2.28. The fourth-order valence-electron chi connectivity index (χ4n) is 1.55. The number of aromatic nitrogens is 1. The van der Waals surface area contributed by atoms with Gasteiger partial charge in [0, 0.05) is 12.1 Å². The number of carboxylic acid groups (broad SMARTS) is 1. The fourth-order valence-corrected chi connectivity index (χ4v) is 1.55. The number of hydrogen-bond donors (Lipinski definition) is 2. The summed E-state index contributed by atoms with van der Waals surface area (Å²) in [6.45, 7) is 0. The molecule has 0 saturated heterocycles. The van der Waals surface area contributed by atoms with Crippen LogP contribution in [0.5, 0.6) is 5.75 Å². The number of nitrogens with zero attached hydrogens (tertiary/aromatic N) is 1. The first kappa shape index (κ1) is 10.9. The van der Waals surface area contributed by atoms with Crippen LogP contribution < -0.4 is 15.4 Å². The van der Waals surface area contributed by atoms with Gasteiger partial charge in [0.1, 0.15) is 5.56 Å². The molecule has 0 atom stereocenters. The van der Waals surface area contributed by atoms with Gasteiger partial charge in [-0.25, -0.2) is 4.79 Å². The Hall–Kier alpha value is -2.56. The van der Waals surface area contributed by atoms with E-state index in [0.717, 1.165) is 0 Å². The molecule has 0 aliphatic heterocycles. The summed E-state index contributed by atoms with van der Waals surface area (Å²) in [5.74, 6) is -1.34. The van der Waals surface area contributed by atoms with Gasteiger partial charge in [-0.15, -0.1) is 5.75 Å². The highest BCUT2D eigenvalue weighted by atomic mass is 16.4. The van der Waals surface area contributed by atoms with E-state index in [1.54, 1.807) is 24.5 Å². The maximum Gasteiger partial charge on any atom is 0.342 e. The Morgan fingerprint density at radius 1 is 1.35 bits per heavy atom. The molecule has 3 N–H and O–H groups in total. The first-order valence-corrected chi connectivity index (χ1v) is 4.89. The average molecular weight is 230 g/mol. The van der Waals surface area contributed by atoms with Crippen molar-refractivity contribution in [2.24, 2.45) is 0 Å². The molecule has 1 aromatic carbocycles. The highest BCUT2D eigenvalue weighted by Crippen LogP contribution is 2.15. The third-order valence-electron chi connectivity index (χ3n) is 2.30. The van der Waals surface area contributed by atoms with Gasteiger partial charge < -0.3 is 15.9 Å². The second-order valence-corrected chi connectivity index (χ2v) is 3.53. The van der Waals surface area contributed by atoms with Crippen molar-refractivity contribution >= 4 is 11.7 Å². The lowest BCUT2D eigenvalue weighted by Crippen LogP contribution is -2.32. The highest BCUT2D eigenvalue weighted by molar-refractivity contribution is 5.91. The monoisotopic (exact) mass is 230 g/mol. The molecule has 0 aliphatic rings. The second kappa shape index (κ2) is 4.13. The lowest BCUT2D eigenvalue weighted by atomic mass is 10.1. The minimum Gasteiger partial charge on any atom is -0.872 e. The molecule has 0 radical (unpaired) electrons. The topological polar surface area (TPSA) is 90.3 Å². The molecule has 0 aliphatic carbocycles. The molecular formula is C12H10N2O3. The lowest BCUT2D eigenvalue weighted by Gasteiger charge is -2.07. The van der Waals surface area contributed by atoms with Gasteiger partial charge in [-0.1, -0.05) is 6.07 Å². The van der Waals surface area contributed by atoms with Gasteiger partial charge >= 0.3 is 5.97 Å². The van der Waals surface area contributed by atoms with Crippen molar-refractivity contribution < 1.29 is 19.6 Å². The Balaban J connectivity index is 2.65. The summed E-state index contributed by atoms with van der Waals surface area (Å²) in [4.78, 5) is 11.0. The van der Waals surface area contributed by atoms with Crippen molar-refractivity contribution in [3.63, 3.8) is 0 Å². The van der Waals surface area contributed by atoms with Crippen molar-refractivity contribution in [1.82, 2.24) is 0 Å². The van der Waals surface area contributed by atoms with Crippen LogP contribution in [0, 0.1) is 0 Å². The van der Waals surface area contributed by atoms with Crippen LogP contribution in [0.3, 0.4) is 0 Å². The summed E-state index contributed by atoms with van der Waals surface area (Å²) in [6.07, 6.45) is 3.19. The van der Waals surface area contributed by atoms with Crippen LogP contribution in [0.25, 0.3) is 5.69 Å². The Morgan fingerprint density at radius 2 is 2.12 bits per heavy atom. The Morgan fingerprint density at radius 3 is 2.76 bits per heavy atom. The van der Waals surface area contributed by atoms with Crippen LogP contribution in [-0.2, 0) is 0 Å². The van der Waals surface area contributed by atoms with Gasteiger partial charge in [0.2, 0.25) is 5.69 Å². The maximum absolute atomic E-state index is 11.3. The SMILES string of the molecule is Nc1ccc[n+](-c2cc([O-])ccc2C(=O)O)c1. The van der Waals surface area contributed by atoms with E-state index in [4.69, 9.17) is 10.8 Å². The molecule has 2 aromatic rings. The normalized spacial score (nSPS) is 10.1. The van der Waals surface area contributed by atoms with E-state index in [0.29, 0.717) is 11.4 Å². The van der Waals surface area contributed by atoms with Crippen LogP contribution in [-0.4, -0.2) is 11.1 Å². The fraction of sp³-hybridized carbons (Fsp3) is 0. The molecule has 2 rings (SSSR count). The molecule has 17 heavy (non-hydrogen) atoms. The first-order valence-electron chi connectivity index (χ1n) is 4.89. The lowest BCUT2D eigenvalue weighted by molar-refractivity contribution is -0.595. The number of rotatable bonds is 2. The molecule has 0 fully saturated rings. The van der Waals surface area contributed by atoms with E-state index in [-0.39, 0.29) is 11.3 Å². The zero-order chi connectivity index (χ0) is 12.4. The first-order chi connectivity index (χ1) is 8.08. The second-order valence-electron chi connectivity index (χ2n) is 3.53. The predicted octanol–water partition coefficient (Wildman–Crippen LogP) is 0.317. The number of hydrogen-bond acceptors (Lipinski definition) is 3. The quantitative estimate of drug-likeness (QED) is 0.727. The number of pyridine rings is 1. The van der Waals surface area contributed by atoms with Crippen molar-refractivity contribution in [2.45, 2.75) is 0 Å². The van der Waals surface area contributed by atoms with E-state index >= 15 is 0 Å². The van der Waals surface area contributed by atoms with Crippen LogP contribution in [0.2, 0.25) is 0 Å². The molecule has 0 saturated carbocycles. The van der Waals surface area contributed by atoms with Crippen LogP contribution in [0.15, 0.2) is 42.7 Å². The number of nitrogens with two attached hydrogens (primary N) is 1. The number of aromatic carboxylic acids is 1. The minimum absolute atomic E-state index is 0.0557. The van der Waals surface area contributed by atoms with Crippen molar-refractivity contribution in [2.75, 3.05) is 5.73 Å². The molecule has 0 spiro atoms. The molecule has 5 heteroatoms. The number of benzene rings is 1. The van der Waals surface area contributed by atoms with E-state index in [9.17, 15) is 9.90 Å². The zero-order valence-electron chi connectivity index (χ0n) is 8.83. The predicted molar refractivity (Wildman–Crippen MR) is 58.8 cm³/mol. The third-order valence-corrected chi connectivity index (χ3v) is 2.30. The van der Waals surface area contributed by atoms with Gasteiger partial charge in [-0.05, 0) is 12.1 Å². The molecule has 1 aromatic heterocycles. The summed E-state index contributed by atoms with van der Waals surface area (Å²) in [5, 5.41) is 20.3. The summed E-state index contributed by atoms with van der Waals surface area (Å²) in [7, 11) is 0. The van der Waals surface area contributed by atoms with E-state index < -0.39 is 5.97 Å². The van der Waals surface area contributed by atoms with Crippen molar-refractivity contribution in [3.05, 3.63) is 48.3 Å². The summed E-state index contributed by atoms with van der Waals surface area (Å²) in [6, 6.07) is 7.13. The Labute approximate surface area is 97.4 Å². The van der Waals surface area contributed by atoms with Crippen LogP contribution >= 0.6 is 0 Å². The molecule has 0 amide bonds. The number of nitrogen functional groups attached to an aromatic ring is 1. The van der Waals surface area contributed by atoms with Crippen LogP contribution in [0.1, 0.15) is 10.4 Å². The summed E-state index contributed by atoms with van der Waals surface area (Å²) in [5.41, 5.74) is 6.46. The summed E-state index contributed by atoms with van der Waals surface area (Å²) < 4.78 is 1.51. The van der Waals surface area contributed by atoms with E-state index in [2.05, 4.69) is 0 Å². The van der Waals surface area contributed by atoms with E-state index in [1.165, 1.54) is 22.8 Å². The van der Waals surface area contributed by atoms with Gasteiger partial charge in [-0.3, -0.25) is 0 Å². The molecular weight excluding hydrogens is 220 g/mol. The van der Waals surface area contributed by atoms with Crippen LogP contribution in [0.4, 0.5) is 5.69 Å². The van der Waals surface area contributed by atoms with E-state index in [1.807, 2.05) is 0 Å².